The summed E-state index contributed by atoms with van der Waals surface area (Å²) in [4.78, 5) is 0. The average Bonchev–Trinajstić information content (AvgIpc) is 3.06. The van der Waals surface area contributed by atoms with Crippen LogP contribution >= 0.6 is 0 Å². The van der Waals surface area contributed by atoms with Gasteiger partial charge in [-0.25, -0.2) is 4.39 Å². The number of halogens is 1. The molecule has 0 aliphatic heterocycles. The molecule has 2 heterocycles. The molecule has 28 heavy (non-hydrogen) atoms. The van der Waals surface area contributed by atoms with E-state index in [0.29, 0.717) is 5.82 Å². The minimum atomic E-state index is -0.286. The first-order valence-corrected chi connectivity index (χ1v) is 9.33. The first kappa shape index (κ1) is 16.9. The van der Waals surface area contributed by atoms with Gasteiger partial charge in [-0.3, -0.25) is 5.10 Å². The molecule has 0 unspecified atom stereocenters. The molecule has 0 saturated heterocycles. The van der Waals surface area contributed by atoms with Crippen LogP contribution in [0.25, 0.3) is 22.2 Å². The molecule has 5 rings (SSSR count). The number of aromatic amines is 1. The van der Waals surface area contributed by atoms with Crippen LogP contribution in [0.5, 0.6) is 0 Å². The quantitative estimate of drug-likeness (QED) is 0.556. The van der Waals surface area contributed by atoms with Crippen LogP contribution in [0.2, 0.25) is 0 Å². The van der Waals surface area contributed by atoms with Gasteiger partial charge in [-0.05, 0) is 48.7 Å². The topological polar surface area (TPSA) is 80.5 Å². The normalized spacial score (nSPS) is 15.5. The minimum absolute atomic E-state index is 0.158. The molecule has 1 saturated carbocycles. The maximum atomic E-state index is 14.4. The summed E-state index contributed by atoms with van der Waals surface area (Å²) in [6, 6.07) is 16.7. The molecule has 0 amide bonds. The Morgan fingerprint density at radius 1 is 1.04 bits per heavy atom. The summed E-state index contributed by atoms with van der Waals surface area (Å²) in [5.41, 5.74) is 9.68. The largest absolute Gasteiger partial charge is 0.382 e. The van der Waals surface area contributed by atoms with Crippen LogP contribution in [0.1, 0.15) is 30.5 Å². The van der Waals surface area contributed by atoms with E-state index in [1.807, 2.05) is 42.5 Å². The number of H-pyrrole nitrogens is 1. The van der Waals surface area contributed by atoms with Gasteiger partial charge in [-0.2, -0.15) is 15.3 Å². The fraction of sp³-hybridized carbons (Fsp3) is 0.182. The predicted octanol–water partition coefficient (Wildman–Crippen LogP) is 4.42. The zero-order valence-electron chi connectivity index (χ0n) is 15.2. The van der Waals surface area contributed by atoms with Crippen molar-refractivity contribution in [3.05, 3.63) is 78.1 Å². The first-order chi connectivity index (χ1) is 13.6. The van der Waals surface area contributed by atoms with E-state index in [0.717, 1.165) is 52.7 Å². The van der Waals surface area contributed by atoms with E-state index in [1.165, 1.54) is 6.07 Å². The number of rotatable bonds is 4. The molecule has 0 bridgehead atoms. The zero-order valence-corrected chi connectivity index (χ0v) is 15.2. The van der Waals surface area contributed by atoms with Gasteiger partial charge in [0.1, 0.15) is 5.82 Å². The highest BCUT2D eigenvalue weighted by molar-refractivity contribution is 5.91. The number of nitrogens with zero attached hydrogens (tertiary/aromatic N) is 3. The van der Waals surface area contributed by atoms with Gasteiger partial charge >= 0.3 is 0 Å². The Hall–Kier alpha value is -3.28. The third-order valence-electron chi connectivity index (χ3n) is 5.65. The second kappa shape index (κ2) is 6.41. The van der Waals surface area contributed by atoms with Crippen molar-refractivity contribution in [3.8, 4) is 11.3 Å². The van der Waals surface area contributed by atoms with Crippen LogP contribution in [0.4, 0.5) is 10.2 Å². The van der Waals surface area contributed by atoms with E-state index in [2.05, 4.69) is 26.8 Å². The Morgan fingerprint density at radius 3 is 2.61 bits per heavy atom. The van der Waals surface area contributed by atoms with E-state index in [1.54, 1.807) is 6.07 Å². The van der Waals surface area contributed by atoms with Crippen LogP contribution < -0.4 is 5.73 Å². The lowest BCUT2D eigenvalue weighted by Gasteiger charge is -2.42. The maximum Gasteiger partial charge on any atom is 0.153 e. The number of hydrogen-bond acceptors (Lipinski definition) is 4. The lowest BCUT2D eigenvalue weighted by molar-refractivity contribution is 0.283. The number of nitrogens with two attached hydrogens (primary N) is 1. The smallest absolute Gasteiger partial charge is 0.153 e. The minimum Gasteiger partial charge on any atom is -0.382 e. The summed E-state index contributed by atoms with van der Waals surface area (Å²) >= 11 is 0. The Kier molecular flexibility index (Phi) is 3.86. The van der Waals surface area contributed by atoms with Crippen LogP contribution in [-0.4, -0.2) is 20.4 Å². The van der Waals surface area contributed by atoms with Crippen molar-refractivity contribution in [1.29, 1.82) is 0 Å². The van der Waals surface area contributed by atoms with Crippen LogP contribution in [0.3, 0.4) is 0 Å². The number of hydrogen-bond donors (Lipinski definition) is 2. The molecule has 4 aromatic rings. The summed E-state index contributed by atoms with van der Waals surface area (Å²) in [5, 5.41) is 16.5. The van der Waals surface area contributed by atoms with E-state index in [-0.39, 0.29) is 11.2 Å². The SMILES string of the molecule is Nc1n[nH]c2ccc(-c3ccc([CH]C4(c5ccccc5F)CCC4)nn3)cc12. The Morgan fingerprint density at radius 2 is 1.89 bits per heavy atom. The fourth-order valence-corrected chi connectivity index (χ4v) is 3.96. The lowest BCUT2D eigenvalue weighted by atomic mass is 9.62. The van der Waals surface area contributed by atoms with Gasteiger partial charge in [0.05, 0.1) is 16.9 Å². The van der Waals surface area contributed by atoms with Crippen molar-refractivity contribution in [2.45, 2.75) is 24.7 Å². The molecule has 6 heteroatoms. The van der Waals surface area contributed by atoms with E-state index >= 15 is 0 Å². The molecule has 0 spiro atoms. The molecule has 1 aliphatic carbocycles. The van der Waals surface area contributed by atoms with Gasteiger partial charge in [0.15, 0.2) is 5.82 Å². The summed E-state index contributed by atoms with van der Waals surface area (Å²) in [5.74, 6) is 0.306. The van der Waals surface area contributed by atoms with Crippen LogP contribution in [-0.2, 0) is 5.41 Å². The molecule has 139 valence electrons. The highest BCUT2D eigenvalue weighted by Gasteiger charge is 2.41. The third kappa shape index (κ3) is 2.72. The number of fused-ring (bicyclic) bond motifs is 1. The molecule has 5 nitrogen and oxygen atoms in total. The highest BCUT2D eigenvalue weighted by Crippen LogP contribution is 2.48. The van der Waals surface area contributed by atoms with Crippen molar-refractivity contribution in [3.63, 3.8) is 0 Å². The Bertz CT molecular complexity index is 1150. The molecule has 3 N–H and O–H groups in total. The standard InChI is InChI=1S/C22H19FN5/c23-18-5-2-1-4-17(18)22(10-3-11-22)13-15-7-9-19(26-25-15)14-6-8-20-16(12-14)21(24)28-27-20/h1-2,4-9,12-13H,3,10-11H2,(H3,24,27,28). The van der Waals surface area contributed by atoms with Crippen molar-refractivity contribution in [2.24, 2.45) is 0 Å². The second-order valence-electron chi connectivity index (χ2n) is 7.35. The van der Waals surface area contributed by atoms with Crippen molar-refractivity contribution < 1.29 is 4.39 Å². The lowest BCUT2D eigenvalue weighted by Crippen LogP contribution is -2.36. The molecule has 0 atom stereocenters. The van der Waals surface area contributed by atoms with Gasteiger partial charge in [0.25, 0.3) is 0 Å². The fourth-order valence-electron chi connectivity index (χ4n) is 3.96. The summed E-state index contributed by atoms with van der Waals surface area (Å²) in [6.45, 7) is 0. The van der Waals surface area contributed by atoms with Crippen molar-refractivity contribution >= 4 is 16.7 Å². The monoisotopic (exact) mass is 372 g/mol. The molecule has 2 aromatic heterocycles. The van der Waals surface area contributed by atoms with Gasteiger partial charge in [-0.1, -0.05) is 30.7 Å². The van der Waals surface area contributed by atoms with Gasteiger partial charge in [-0.15, -0.1) is 0 Å². The second-order valence-corrected chi connectivity index (χ2v) is 7.35. The summed E-state index contributed by atoms with van der Waals surface area (Å²) in [7, 11) is 0. The Labute approximate surface area is 161 Å². The number of aromatic nitrogens is 4. The van der Waals surface area contributed by atoms with E-state index in [4.69, 9.17) is 5.73 Å². The van der Waals surface area contributed by atoms with Gasteiger partial charge in [0, 0.05) is 22.8 Å². The Balaban J connectivity index is 1.43. The number of nitrogens with one attached hydrogen (secondary N) is 1. The van der Waals surface area contributed by atoms with Crippen molar-refractivity contribution in [2.75, 3.05) is 5.73 Å². The summed E-state index contributed by atoms with van der Waals surface area (Å²) in [6.07, 6.45) is 4.99. The number of nitrogen functional groups attached to an aromatic ring is 1. The third-order valence-corrected chi connectivity index (χ3v) is 5.65. The first-order valence-electron chi connectivity index (χ1n) is 9.33. The molecular weight excluding hydrogens is 353 g/mol. The highest BCUT2D eigenvalue weighted by atomic mass is 19.1. The van der Waals surface area contributed by atoms with Gasteiger partial charge in [0.2, 0.25) is 0 Å². The van der Waals surface area contributed by atoms with Crippen LogP contribution in [0.15, 0.2) is 54.6 Å². The molecule has 1 fully saturated rings. The summed E-state index contributed by atoms with van der Waals surface area (Å²) < 4.78 is 14.4. The average molecular weight is 372 g/mol. The van der Waals surface area contributed by atoms with E-state index < -0.39 is 0 Å². The maximum absolute atomic E-state index is 14.4. The zero-order chi connectivity index (χ0) is 19.1. The molecule has 2 aromatic carbocycles. The molecule has 1 aliphatic rings. The molecule has 1 radical (unpaired) electrons. The molecular formula is C22H19FN5. The predicted molar refractivity (Wildman–Crippen MR) is 107 cm³/mol. The van der Waals surface area contributed by atoms with E-state index in [9.17, 15) is 4.39 Å². The number of anilines is 1. The van der Waals surface area contributed by atoms with Crippen molar-refractivity contribution in [1.82, 2.24) is 20.4 Å². The van der Waals surface area contributed by atoms with Gasteiger partial charge < -0.3 is 5.73 Å². The number of benzene rings is 2. The van der Waals surface area contributed by atoms with Crippen LogP contribution in [0, 0.1) is 12.2 Å².